The summed E-state index contributed by atoms with van der Waals surface area (Å²) in [7, 11) is 0. The zero-order valence-electron chi connectivity index (χ0n) is 32.5. The van der Waals surface area contributed by atoms with Gasteiger partial charge in [-0.15, -0.1) is 0 Å². The van der Waals surface area contributed by atoms with Crippen molar-refractivity contribution < 1.29 is 28.8 Å². The number of alkyl carbamates (subject to hydrolysis) is 1. The molecule has 4 bridgehead atoms. The number of phenolic OH excluding ortho intramolecular Hbond substituents is 1. The number of phenols is 1. The van der Waals surface area contributed by atoms with E-state index in [1.165, 1.54) is 38.5 Å². The van der Waals surface area contributed by atoms with Gasteiger partial charge in [-0.1, -0.05) is 5.16 Å². The first-order chi connectivity index (χ1) is 26.0. The molecule has 2 aromatic heterocycles. The van der Waals surface area contributed by atoms with Gasteiger partial charge in [0.15, 0.2) is 11.8 Å². The van der Waals surface area contributed by atoms with E-state index in [1.54, 1.807) is 45.4 Å². The third-order valence-corrected chi connectivity index (χ3v) is 11.2. The fraction of sp³-hybridized carbons (Fsp3) is 0.615. The number of aromatic nitrogens is 4. The van der Waals surface area contributed by atoms with Gasteiger partial charge in [-0.2, -0.15) is 4.98 Å². The molecular formula is C39H56N10O6. The lowest BCUT2D eigenvalue weighted by Crippen LogP contribution is -2.56. The normalized spacial score (nSPS) is 23.0. The molecular weight excluding hydrogens is 704 g/mol. The number of H-pyrrole nitrogens is 1. The molecule has 7 rings (SSSR count). The number of carbonyl (C=O) groups excluding carboxylic acids is 3. The monoisotopic (exact) mass is 760 g/mol. The summed E-state index contributed by atoms with van der Waals surface area (Å²) >= 11 is 0. The molecule has 4 saturated carbocycles. The average molecular weight is 761 g/mol. The van der Waals surface area contributed by atoms with Crippen molar-refractivity contribution >= 4 is 23.9 Å². The Morgan fingerprint density at radius 3 is 2.24 bits per heavy atom. The number of imidazole rings is 1. The number of nitrogens with one attached hydrogen (secondary N) is 6. The Balaban J connectivity index is 1.25. The fourth-order valence-corrected chi connectivity index (χ4v) is 9.45. The maximum Gasteiger partial charge on any atom is 0.408 e. The number of guanidine groups is 1. The molecule has 3 atom stereocenters. The number of hydrogen-bond donors (Lipinski definition) is 8. The van der Waals surface area contributed by atoms with E-state index >= 15 is 0 Å². The fourth-order valence-electron chi connectivity index (χ4n) is 9.45. The summed E-state index contributed by atoms with van der Waals surface area (Å²) in [6.45, 7) is 8.85. The number of aryl methyl sites for hydroxylation is 2. The first-order valence-corrected chi connectivity index (χ1v) is 19.3. The number of carbonyl (C=O) groups is 3. The topological polar surface area (TPSA) is 246 Å². The van der Waals surface area contributed by atoms with Crippen LogP contribution in [-0.2, 0) is 33.6 Å². The van der Waals surface area contributed by atoms with Crippen molar-refractivity contribution in [2.75, 3.05) is 6.54 Å². The number of aromatic hydroxyl groups is 1. The number of aromatic amines is 1. The second-order valence-electron chi connectivity index (χ2n) is 17.1. The third kappa shape index (κ3) is 10.3. The molecule has 3 amide bonds. The molecule has 1 aromatic carbocycles. The van der Waals surface area contributed by atoms with Crippen LogP contribution < -0.4 is 27.0 Å². The smallest absolute Gasteiger partial charge is 0.408 e. The minimum atomic E-state index is -1.15. The van der Waals surface area contributed by atoms with Gasteiger partial charge in [0.2, 0.25) is 17.7 Å². The summed E-state index contributed by atoms with van der Waals surface area (Å²) < 4.78 is 11.3. The van der Waals surface area contributed by atoms with Crippen LogP contribution in [0.4, 0.5) is 4.79 Å². The number of benzene rings is 1. The molecule has 16 heteroatoms. The van der Waals surface area contributed by atoms with Crippen LogP contribution in [0.3, 0.4) is 0 Å². The summed E-state index contributed by atoms with van der Waals surface area (Å²) in [5.74, 6) is 1.83. The Morgan fingerprint density at radius 1 is 1.02 bits per heavy atom. The zero-order valence-corrected chi connectivity index (χ0v) is 32.5. The SMILES string of the molecule is Cc1cc(O)cc(C)c1C[C@H](NC(=O)[C@@H](CCNC(=N)N)NC(=O)OC(C)(C)C)C(=O)N[C@@H](Cc1c[nH]cn1)c1nc(CC23CC4CC(CC(C4)C2)C3)no1. The summed E-state index contributed by atoms with van der Waals surface area (Å²) in [5, 5.41) is 33.4. The van der Waals surface area contributed by atoms with Crippen LogP contribution in [-0.4, -0.2) is 73.3 Å². The highest BCUT2D eigenvalue weighted by Crippen LogP contribution is 2.60. The second-order valence-corrected chi connectivity index (χ2v) is 17.1. The molecule has 4 fully saturated rings. The van der Waals surface area contributed by atoms with Gasteiger partial charge in [-0.05, 0) is 132 Å². The van der Waals surface area contributed by atoms with Crippen molar-refractivity contribution in [3.63, 3.8) is 0 Å². The van der Waals surface area contributed by atoms with E-state index in [-0.39, 0.29) is 48.8 Å². The minimum Gasteiger partial charge on any atom is -0.508 e. The van der Waals surface area contributed by atoms with Gasteiger partial charge in [0.25, 0.3) is 0 Å². The first kappa shape index (κ1) is 39.5. The van der Waals surface area contributed by atoms with Crippen molar-refractivity contribution in [2.45, 2.75) is 123 Å². The number of nitrogens with two attached hydrogens (primary N) is 1. The van der Waals surface area contributed by atoms with Crippen LogP contribution in [0.15, 0.2) is 29.2 Å². The highest BCUT2D eigenvalue weighted by Gasteiger charge is 2.51. The lowest BCUT2D eigenvalue weighted by Gasteiger charge is -2.56. The molecule has 4 aliphatic carbocycles. The van der Waals surface area contributed by atoms with E-state index in [0.29, 0.717) is 11.5 Å². The zero-order chi connectivity index (χ0) is 39.5. The van der Waals surface area contributed by atoms with E-state index < -0.39 is 41.6 Å². The van der Waals surface area contributed by atoms with Crippen molar-refractivity contribution in [3.8, 4) is 5.75 Å². The first-order valence-electron chi connectivity index (χ1n) is 19.3. The van der Waals surface area contributed by atoms with Crippen LogP contribution in [0.1, 0.15) is 106 Å². The summed E-state index contributed by atoms with van der Waals surface area (Å²) in [4.78, 5) is 53.5. The van der Waals surface area contributed by atoms with Gasteiger partial charge in [0.1, 0.15) is 29.5 Å². The summed E-state index contributed by atoms with van der Waals surface area (Å²) in [6.07, 6.45) is 11.2. The molecule has 9 N–H and O–H groups in total. The van der Waals surface area contributed by atoms with E-state index in [2.05, 4.69) is 36.4 Å². The van der Waals surface area contributed by atoms with Crippen LogP contribution in [0.2, 0.25) is 0 Å². The average Bonchev–Trinajstić information content (AvgIpc) is 3.75. The van der Waals surface area contributed by atoms with Crippen LogP contribution in [0, 0.1) is 42.4 Å². The highest BCUT2D eigenvalue weighted by atomic mass is 16.6. The second kappa shape index (κ2) is 16.3. The Morgan fingerprint density at radius 2 is 1.65 bits per heavy atom. The van der Waals surface area contributed by atoms with Crippen LogP contribution in [0.5, 0.6) is 5.75 Å². The summed E-state index contributed by atoms with van der Waals surface area (Å²) in [6, 6.07) is 0.133. The van der Waals surface area contributed by atoms with E-state index in [4.69, 9.17) is 25.4 Å². The van der Waals surface area contributed by atoms with Crippen LogP contribution in [0.25, 0.3) is 0 Å². The molecule has 0 saturated heterocycles. The minimum absolute atomic E-state index is 0.0343. The Labute approximate surface area is 321 Å². The molecule has 0 unspecified atom stereocenters. The van der Waals surface area contributed by atoms with E-state index in [0.717, 1.165) is 40.9 Å². The Bertz CT molecular complexity index is 1790. The molecule has 0 spiro atoms. The van der Waals surface area contributed by atoms with Gasteiger partial charge in [-0.25, -0.2) is 9.78 Å². The maximum absolute atomic E-state index is 14.5. The van der Waals surface area contributed by atoms with Gasteiger partial charge in [0, 0.05) is 32.0 Å². The van der Waals surface area contributed by atoms with Gasteiger partial charge >= 0.3 is 6.09 Å². The molecule has 2 heterocycles. The Hall–Kier alpha value is -5.15. The molecule has 16 nitrogen and oxygen atoms in total. The largest absolute Gasteiger partial charge is 0.508 e. The van der Waals surface area contributed by atoms with Crippen molar-refractivity contribution in [2.24, 2.45) is 28.9 Å². The molecule has 55 heavy (non-hydrogen) atoms. The molecule has 4 aliphatic rings. The molecule has 0 radical (unpaired) electrons. The quantitative estimate of drug-likeness (QED) is 0.0819. The van der Waals surface area contributed by atoms with Crippen molar-refractivity contribution in [1.82, 2.24) is 41.4 Å². The van der Waals surface area contributed by atoms with Crippen LogP contribution >= 0.6 is 0 Å². The number of hydrogen-bond acceptors (Lipinski definition) is 10. The Kier molecular flexibility index (Phi) is 11.7. The standard InChI is InChI=1S/C39H56N10O6/c1-21-8-27(50)9-22(2)28(21)14-30(45-33(51)29(6-7-43-36(40)41)47-37(53)54-38(3,4)5)34(52)46-31(13-26-19-42-20-44-26)35-48-32(49-55-35)18-39-15-23-10-24(16-39)12-25(11-23)17-39/h8-9,19-20,23-25,29-31,50H,6-7,10-18H2,1-5H3,(H,42,44)(H,45,51)(H,46,52)(H,47,53)(H4,40,41,43)/t23?,24?,25?,29-,30+,31+,39?/m1/s1. The lowest BCUT2D eigenvalue weighted by atomic mass is 9.49. The molecule has 3 aromatic rings. The summed E-state index contributed by atoms with van der Waals surface area (Å²) in [5.41, 5.74) is 7.72. The number of rotatable bonds is 15. The molecule has 0 aliphatic heterocycles. The van der Waals surface area contributed by atoms with E-state index in [1.807, 2.05) is 13.8 Å². The number of amides is 3. The number of nitrogens with zero attached hydrogens (tertiary/aromatic N) is 3. The highest BCUT2D eigenvalue weighted by molar-refractivity contribution is 5.91. The number of ether oxygens (including phenoxy) is 1. The predicted octanol–water partition coefficient (Wildman–Crippen LogP) is 3.77. The van der Waals surface area contributed by atoms with Crippen molar-refractivity contribution in [1.29, 1.82) is 5.41 Å². The molecule has 298 valence electrons. The lowest BCUT2D eigenvalue weighted by molar-refractivity contribution is -0.130. The third-order valence-electron chi connectivity index (χ3n) is 11.2. The van der Waals surface area contributed by atoms with E-state index in [9.17, 15) is 19.5 Å². The van der Waals surface area contributed by atoms with Crippen molar-refractivity contribution in [3.05, 3.63) is 58.8 Å². The van der Waals surface area contributed by atoms with Gasteiger partial charge in [0.05, 0.1) is 12.0 Å². The maximum atomic E-state index is 14.5. The van der Waals surface area contributed by atoms with Gasteiger partial charge < -0.3 is 46.4 Å². The van der Waals surface area contributed by atoms with Gasteiger partial charge in [-0.3, -0.25) is 15.0 Å². The predicted molar refractivity (Wildman–Crippen MR) is 203 cm³/mol.